The molecule has 1 amide bonds. The second-order valence-electron chi connectivity index (χ2n) is 3.89. The summed E-state index contributed by atoms with van der Waals surface area (Å²) in [6, 6.07) is 1.59. The van der Waals surface area contributed by atoms with Crippen molar-refractivity contribution in [1.29, 1.82) is 0 Å². The zero-order valence-corrected chi connectivity index (χ0v) is 13.2. The van der Waals surface area contributed by atoms with Crippen LogP contribution in [0.5, 0.6) is 0 Å². The molecule has 0 spiro atoms. The predicted molar refractivity (Wildman–Crippen MR) is 81.9 cm³/mol. The molecule has 3 nitrogen and oxygen atoms in total. The van der Waals surface area contributed by atoms with Gasteiger partial charge in [-0.25, -0.2) is 0 Å². The summed E-state index contributed by atoms with van der Waals surface area (Å²) in [5, 5.41) is 0. The summed E-state index contributed by atoms with van der Waals surface area (Å²) in [5.41, 5.74) is 5.99. The van der Waals surface area contributed by atoms with Crippen molar-refractivity contribution in [2.75, 3.05) is 13.1 Å². The largest absolute Gasteiger partial charge is 0.393 e. The third-order valence-corrected chi connectivity index (χ3v) is 4.43. The number of hydrogen-bond donors (Lipinski definition) is 1. The molecule has 0 aromatic carbocycles. The Bertz CT molecular complexity index is 462. The number of thiophene rings is 1. The van der Waals surface area contributed by atoms with Crippen LogP contribution in [0.1, 0.15) is 24.2 Å². The van der Waals surface area contributed by atoms with Crippen LogP contribution < -0.4 is 5.73 Å². The maximum absolute atomic E-state index is 12.3. The molecule has 1 heterocycles. The van der Waals surface area contributed by atoms with E-state index in [0.29, 0.717) is 32.3 Å². The lowest BCUT2D eigenvalue weighted by atomic mass is 10.1. The highest BCUT2D eigenvalue weighted by Gasteiger charge is 2.21. The van der Waals surface area contributed by atoms with Crippen molar-refractivity contribution in [2.24, 2.45) is 11.7 Å². The van der Waals surface area contributed by atoms with Gasteiger partial charge >= 0.3 is 0 Å². The molecule has 1 unspecified atom stereocenters. The summed E-state index contributed by atoms with van der Waals surface area (Å²) < 4.78 is 0.910. The standard InChI is InChI=1S/C11H14Cl2N2OS2/c1-3-15(5-6(2)10(14)17)11(16)7-4-8(12)18-9(7)13/h4,6H,3,5H2,1-2H3,(H2,14,17). The van der Waals surface area contributed by atoms with Crippen LogP contribution in [0.3, 0.4) is 0 Å². The molecule has 1 aromatic rings. The predicted octanol–water partition coefficient (Wildman–Crippen LogP) is 3.44. The van der Waals surface area contributed by atoms with E-state index in [1.807, 2.05) is 13.8 Å². The average molecular weight is 325 g/mol. The molecule has 100 valence electrons. The highest BCUT2D eigenvalue weighted by atomic mass is 35.5. The van der Waals surface area contributed by atoms with E-state index >= 15 is 0 Å². The molecule has 2 N–H and O–H groups in total. The van der Waals surface area contributed by atoms with Gasteiger partial charge in [0.25, 0.3) is 5.91 Å². The minimum Gasteiger partial charge on any atom is -0.393 e. The van der Waals surface area contributed by atoms with Crippen molar-refractivity contribution in [1.82, 2.24) is 4.90 Å². The Hall–Kier alpha value is -0.360. The number of carbonyl (C=O) groups excluding carboxylic acids is 1. The SMILES string of the molecule is CCN(CC(C)C(N)=S)C(=O)c1cc(Cl)sc1Cl. The minimum atomic E-state index is -0.145. The lowest BCUT2D eigenvalue weighted by molar-refractivity contribution is 0.0755. The van der Waals surface area contributed by atoms with Crippen LogP contribution in [0.4, 0.5) is 0 Å². The Morgan fingerprint density at radius 1 is 1.61 bits per heavy atom. The van der Waals surface area contributed by atoms with E-state index < -0.39 is 0 Å². The molecular formula is C11H14Cl2N2OS2. The van der Waals surface area contributed by atoms with Crippen LogP contribution in [0.25, 0.3) is 0 Å². The zero-order chi connectivity index (χ0) is 13.9. The third kappa shape index (κ3) is 3.82. The van der Waals surface area contributed by atoms with Crippen molar-refractivity contribution in [2.45, 2.75) is 13.8 Å². The highest BCUT2D eigenvalue weighted by molar-refractivity contribution is 7.80. The van der Waals surface area contributed by atoms with Gasteiger partial charge in [0.1, 0.15) is 4.34 Å². The maximum atomic E-state index is 12.3. The molecule has 0 aliphatic heterocycles. The molecule has 0 bridgehead atoms. The number of halogens is 2. The number of nitrogens with zero attached hydrogens (tertiary/aromatic N) is 1. The molecule has 1 rings (SSSR count). The fourth-order valence-corrected chi connectivity index (χ4v) is 2.96. The first-order chi connectivity index (χ1) is 8.36. The fourth-order valence-electron chi connectivity index (χ4n) is 1.43. The van der Waals surface area contributed by atoms with E-state index in [9.17, 15) is 4.79 Å². The van der Waals surface area contributed by atoms with Crippen LogP contribution in [0, 0.1) is 5.92 Å². The van der Waals surface area contributed by atoms with Gasteiger partial charge in [0.2, 0.25) is 0 Å². The van der Waals surface area contributed by atoms with Gasteiger partial charge < -0.3 is 10.6 Å². The quantitative estimate of drug-likeness (QED) is 0.844. The van der Waals surface area contributed by atoms with Crippen LogP contribution in [0.2, 0.25) is 8.67 Å². The average Bonchev–Trinajstić information content (AvgIpc) is 2.63. The molecule has 1 atom stereocenters. The Labute approximate surface area is 126 Å². The Morgan fingerprint density at radius 3 is 2.61 bits per heavy atom. The number of nitrogens with two attached hydrogens (primary N) is 1. The summed E-state index contributed by atoms with van der Waals surface area (Å²) in [5.74, 6) is -0.175. The van der Waals surface area contributed by atoms with E-state index in [4.69, 9.17) is 41.2 Å². The van der Waals surface area contributed by atoms with E-state index in [2.05, 4.69) is 0 Å². The normalized spacial score (nSPS) is 12.2. The minimum absolute atomic E-state index is 0.0308. The summed E-state index contributed by atoms with van der Waals surface area (Å²) >= 11 is 17.9. The summed E-state index contributed by atoms with van der Waals surface area (Å²) in [7, 11) is 0. The van der Waals surface area contributed by atoms with Gasteiger partial charge in [0, 0.05) is 19.0 Å². The van der Waals surface area contributed by atoms with Crippen LogP contribution >= 0.6 is 46.8 Å². The van der Waals surface area contributed by atoms with Crippen LogP contribution in [-0.4, -0.2) is 28.9 Å². The molecule has 18 heavy (non-hydrogen) atoms. The fraction of sp³-hybridized carbons (Fsp3) is 0.455. The first kappa shape index (κ1) is 15.7. The van der Waals surface area contributed by atoms with E-state index in [1.165, 1.54) is 11.3 Å². The van der Waals surface area contributed by atoms with Crippen molar-refractivity contribution < 1.29 is 4.79 Å². The van der Waals surface area contributed by atoms with Crippen molar-refractivity contribution >= 4 is 57.7 Å². The zero-order valence-electron chi connectivity index (χ0n) is 10.1. The van der Waals surface area contributed by atoms with Gasteiger partial charge in [-0.2, -0.15) is 0 Å². The number of carbonyl (C=O) groups is 1. The van der Waals surface area contributed by atoms with Crippen molar-refractivity contribution in [3.8, 4) is 0 Å². The van der Waals surface area contributed by atoms with Gasteiger partial charge in [-0.15, -0.1) is 11.3 Å². The highest BCUT2D eigenvalue weighted by Crippen LogP contribution is 2.32. The maximum Gasteiger partial charge on any atom is 0.256 e. The van der Waals surface area contributed by atoms with E-state index in [0.717, 1.165) is 0 Å². The summed E-state index contributed by atoms with van der Waals surface area (Å²) in [6.45, 7) is 4.83. The number of amides is 1. The Morgan fingerprint density at radius 2 is 2.22 bits per heavy atom. The first-order valence-electron chi connectivity index (χ1n) is 5.40. The molecule has 0 saturated carbocycles. The van der Waals surface area contributed by atoms with Gasteiger partial charge in [0.15, 0.2) is 0 Å². The Balaban J connectivity index is 2.86. The van der Waals surface area contributed by atoms with Crippen LogP contribution in [-0.2, 0) is 0 Å². The molecule has 0 saturated heterocycles. The van der Waals surface area contributed by atoms with Crippen LogP contribution in [0.15, 0.2) is 6.07 Å². The van der Waals surface area contributed by atoms with Gasteiger partial charge in [-0.3, -0.25) is 4.79 Å². The lowest BCUT2D eigenvalue weighted by Gasteiger charge is -2.23. The van der Waals surface area contributed by atoms with E-state index in [1.54, 1.807) is 11.0 Å². The summed E-state index contributed by atoms with van der Waals surface area (Å²) in [6.07, 6.45) is 0. The van der Waals surface area contributed by atoms with Crippen molar-refractivity contribution in [3.63, 3.8) is 0 Å². The van der Waals surface area contributed by atoms with E-state index in [-0.39, 0.29) is 11.8 Å². The second kappa shape index (κ2) is 6.70. The lowest BCUT2D eigenvalue weighted by Crippen LogP contribution is -2.38. The topological polar surface area (TPSA) is 46.3 Å². The van der Waals surface area contributed by atoms with Gasteiger partial charge in [-0.1, -0.05) is 42.3 Å². The molecular weight excluding hydrogens is 311 g/mol. The number of thiocarbonyl (C=S) groups is 1. The smallest absolute Gasteiger partial charge is 0.256 e. The molecule has 1 aromatic heterocycles. The molecule has 7 heteroatoms. The summed E-state index contributed by atoms with van der Waals surface area (Å²) in [4.78, 5) is 14.3. The second-order valence-corrected chi connectivity index (χ2v) is 6.64. The molecule has 0 aliphatic carbocycles. The Kier molecular flexibility index (Phi) is 5.85. The number of hydrogen-bond acceptors (Lipinski definition) is 3. The first-order valence-corrected chi connectivity index (χ1v) is 7.38. The number of rotatable bonds is 5. The molecule has 0 radical (unpaired) electrons. The molecule has 0 aliphatic rings. The molecule has 0 fully saturated rings. The monoisotopic (exact) mass is 324 g/mol. The van der Waals surface area contributed by atoms with Gasteiger partial charge in [-0.05, 0) is 13.0 Å². The third-order valence-electron chi connectivity index (χ3n) is 2.54. The van der Waals surface area contributed by atoms with Gasteiger partial charge in [0.05, 0.1) is 14.9 Å². The van der Waals surface area contributed by atoms with Crippen molar-refractivity contribution in [3.05, 3.63) is 20.3 Å².